The highest BCUT2D eigenvalue weighted by molar-refractivity contribution is 6.31. The molecule has 0 spiro atoms. The summed E-state index contributed by atoms with van der Waals surface area (Å²) in [5, 5.41) is 3.58. The summed E-state index contributed by atoms with van der Waals surface area (Å²) in [6.07, 6.45) is 3.48. The number of allylic oxidation sites excluding steroid dienone is 1. The lowest BCUT2D eigenvalue weighted by Crippen LogP contribution is -2.28. The van der Waals surface area contributed by atoms with E-state index in [1.54, 1.807) is 13.2 Å². The fraction of sp³-hybridized carbons (Fsp3) is 0.241. The van der Waals surface area contributed by atoms with Crippen molar-refractivity contribution >= 4 is 28.5 Å². The minimum absolute atomic E-state index is 0.0684. The molecule has 36 heavy (non-hydrogen) atoms. The molecule has 4 rings (SSSR count). The molecular weight excluding hydrogens is 474 g/mol. The normalized spacial score (nSPS) is 10.8. The van der Waals surface area contributed by atoms with Crippen molar-refractivity contribution in [1.29, 1.82) is 0 Å². The highest BCUT2D eigenvalue weighted by Crippen LogP contribution is 2.28. The molecule has 4 aromatic rings. The van der Waals surface area contributed by atoms with Gasteiger partial charge >= 0.3 is 0 Å². The molecule has 0 aliphatic rings. The molecule has 1 N–H and O–H groups in total. The number of benzene rings is 3. The third-order valence-corrected chi connectivity index (χ3v) is 6.26. The zero-order valence-corrected chi connectivity index (χ0v) is 21.1. The Kier molecular flexibility index (Phi) is 8.63. The van der Waals surface area contributed by atoms with Crippen LogP contribution in [0.4, 0.5) is 0 Å². The molecular formula is C29H30ClN3O3. The molecule has 0 saturated heterocycles. The molecule has 7 heteroatoms. The van der Waals surface area contributed by atoms with Gasteiger partial charge in [0, 0.05) is 18.0 Å². The van der Waals surface area contributed by atoms with Gasteiger partial charge in [-0.15, -0.1) is 6.58 Å². The maximum Gasteiger partial charge on any atom is 0.224 e. The number of amides is 1. The predicted molar refractivity (Wildman–Crippen MR) is 144 cm³/mol. The number of nitrogens with one attached hydrogen (secondary N) is 1. The van der Waals surface area contributed by atoms with Crippen molar-refractivity contribution in [2.75, 3.05) is 20.3 Å². The Balaban J connectivity index is 1.40. The lowest BCUT2D eigenvalue weighted by atomic mass is 10.1. The first-order valence-electron chi connectivity index (χ1n) is 11.9. The van der Waals surface area contributed by atoms with Crippen molar-refractivity contribution in [3.8, 4) is 11.5 Å². The van der Waals surface area contributed by atoms with Crippen molar-refractivity contribution in [2.24, 2.45) is 0 Å². The first-order chi connectivity index (χ1) is 17.6. The van der Waals surface area contributed by atoms with E-state index < -0.39 is 0 Å². The van der Waals surface area contributed by atoms with Gasteiger partial charge in [0.05, 0.1) is 31.1 Å². The Morgan fingerprint density at radius 3 is 2.72 bits per heavy atom. The minimum Gasteiger partial charge on any atom is -0.493 e. The summed E-state index contributed by atoms with van der Waals surface area (Å²) in [6, 6.07) is 21.3. The van der Waals surface area contributed by atoms with Crippen molar-refractivity contribution in [3.63, 3.8) is 0 Å². The monoisotopic (exact) mass is 503 g/mol. The second kappa shape index (κ2) is 12.3. The minimum atomic E-state index is -0.0684. The largest absolute Gasteiger partial charge is 0.493 e. The van der Waals surface area contributed by atoms with E-state index in [1.807, 2.05) is 66.7 Å². The van der Waals surface area contributed by atoms with Gasteiger partial charge in [-0.2, -0.15) is 0 Å². The second-order valence-electron chi connectivity index (χ2n) is 8.36. The van der Waals surface area contributed by atoms with Crippen LogP contribution in [-0.2, 0) is 30.6 Å². The topological polar surface area (TPSA) is 65.4 Å². The van der Waals surface area contributed by atoms with E-state index in [-0.39, 0.29) is 12.3 Å². The smallest absolute Gasteiger partial charge is 0.224 e. The van der Waals surface area contributed by atoms with Gasteiger partial charge in [-0.05, 0) is 47.9 Å². The Morgan fingerprint density at radius 2 is 1.92 bits per heavy atom. The molecule has 6 nitrogen and oxygen atoms in total. The molecule has 0 fully saturated rings. The average molecular weight is 504 g/mol. The van der Waals surface area contributed by atoms with Crippen LogP contribution in [0.5, 0.6) is 11.5 Å². The second-order valence-corrected chi connectivity index (χ2v) is 8.77. The van der Waals surface area contributed by atoms with Crippen LogP contribution in [0.3, 0.4) is 0 Å². The molecule has 1 amide bonds. The first-order valence-corrected chi connectivity index (χ1v) is 12.3. The van der Waals surface area contributed by atoms with Crippen LogP contribution in [0.15, 0.2) is 79.4 Å². The Bertz CT molecular complexity index is 1350. The highest BCUT2D eigenvalue weighted by Gasteiger charge is 2.13. The fourth-order valence-electron chi connectivity index (χ4n) is 4.13. The van der Waals surface area contributed by atoms with Crippen LogP contribution in [0.1, 0.15) is 17.0 Å². The number of rotatable bonds is 12. The van der Waals surface area contributed by atoms with Crippen LogP contribution in [0.25, 0.3) is 11.0 Å². The maximum atomic E-state index is 12.4. The summed E-state index contributed by atoms with van der Waals surface area (Å²) in [7, 11) is 1.64. The number of carbonyl (C=O) groups is 1. The number of hydrogen-bond acceptors (Lipinski definition) is 4. The standard InChI is InChI=1S/C29H30ClN3O3/c1-3-8-21-13-14-26(27(19-21)35-2)36-18-17-33-25-12-7-6-11-24(25)32-28(33)15-16-31-29(34)20-22-9-4-5-10-23(22)30/h3-7,9-14,19H,1,8,15-18,20H2,2H3,(H,31,34). The quantitative estimate of drug-likeness (QED) is 0.263. The van der Waals surface area contributed by atoms with Gasteiger partial charge in [-0.3, -0.25) is 4.79 Å². The van der Waals surface area contributed by atoms with Crippen LogP contribution in [-0.4, -0.2) is 35.7 Å². The number of nitrogens with zero attached hydrogens (tertiary/aromatic N) is 2. The maximum absolute atomic E-state index is 12.4. The van der Waals surface area contributed by atoms with Crippen LogP contribution in [0.2, 0.25) is 5.02 Å². The van der Waals surface area contributed by atoms with Crippen molar-refractivity contribution in [2.45, 2.75) is 25.8 Å². The van der Waals surface area contributed by atoms with Gasteiger partial charge in [-0.1, -0.05) is 54.1 Å². The summed E-state index contributed by atoms with van der Waals surface area (Å²) in [5.41, 5.74) is 3.88. The third kappa shape index (κ3) is 6.26. The molecule has 1 heterocycles. The van der Waals surface area contributed by atoms with Crippen molar-refractivity contribution < 1.29 is 14.3 Å². The fourth-order valence-corrected chi connectivity index (χ4v) is 4.33. The van der Waals surface area contributed by atoms with Gasteiger partial charge in [-0.25, -0.2) is 4.98 Å². The average Bonchev–Trinajstić information content (AvgIpc) is 3.23. The zero-order valence-electron chi connectivity index (χ0n) is 20.4. The molecule has 0 atom stereocenters. The molecule has 0 aliphatic carbocycles. The number of hydrogen-bond donors (Lipinski definition) is 1. The summed E-state index contributed by atoms with van der Waals surface area (Å²) in [6.45, 7) is 5.33. The lowest BCUT2D eigenvalue weighted by Gasteiger charge is -2.14. The number of ether oxygens (including phenoxy) is 2. The summed E-state index contributed by atoms with van der Waals surface area (Å²) in [5.74, 6) is 2.22. The molecule has 0 bridgehead atoms. The molecule has 0 unspecified atom stereocenters. The summed E-state index contributed by atoms with van der Waals surface area (Å²) in [4.78, 5) is 17.2. The zero-order chi connectivity index (χ0) is 25.3. The van der Waals surface area contributed by atoms with E-state index in [0.29, 0.717) is 42.6 Å². The van der Waals surface area contributed by atoms with Crippen LogP contribution < -0.4 is 14.8 Å². The Labute approximate surface area is 216 Å². The van der Waals surface area contributed by atoms with Crippen molar-refractivity contribution in [3.05, 3.63) is 101 Å². The van der Waals surface area contributed by atoms with E-state index in [2.05, 4.69) is 16.5 Å². The van der Waals surface area contributed by atoms with E-state index in [9.17, 15) is 4.79 Å². The molecule has 3 aromatic carbocycles. The lowest BCUT2D eigenvalue weighted by molar-refractivity contribution is -0.120. The number of methoxy groups -OCH3 is 1. The Morgan fingerprint density at radius 1 is 1.11 bits per heavy atom. The van der Waals surface area contributed by atoms with Crippen LogP contribution in [0, 0.1) is 0 Å². The van der Waals surface area contributed by atoms with Gasteiger partial charge < -0.3 is 19.4 Å². The number of halogens is 1. The van der Waals surface area contributed by atoms with Gasteiger partial charge in [0.25, 0.3) is 0 Å². The molecule has 0 saturated carbocycles. The molecule has 0 radical (unpaired) electrons. The number of carbonyl (C=O) groups excluding carboxylic acids is 1. The highest BCUT2D eigenvalue weighted by atomic mass is 35.5. The molecule has 1 aromatic heterocycles. The Hall–Kier alpha value is -3.77. The third-order valence-electron chi connectivity index (χ3n) is 5.89. The summed E-state index contributed by atoms with van der Waals surface area (Å²) < 4.78 is 13.7. The SMILES string of the molecule is C=CCc1ccc(OCCn2c(CCNC(=O)Cc3ccccc3Cl)nc3ccccc32)c(OC)c1. The predicted octanol–water partition coefficient (Wildman–Crippen LogP) is 5.41. The van der Waals surface area contributed by atoms with E-state index in [4.69, 9.17) is 26.1 Å². The first kappa shape index (κ1) is 25.3. The molecule has 186 valence electrons. The van der Waals surface area contributed by atoms with Crippen molar-refractivity contribution in [1.82, 2.24) is 14.9 Å². The summed E-state index contributed by atoms with van der Waals surface area (Å²) >= 11 is 6.18. The van der Waals surface area contributed by atoms with E-state index in [0.717, 1.165) is 34.4 Å². The van der Waals surface area contributed by atoms with Gasteiger partial charge in [0.1, 0.15) is 12.4 Å². The number of aromatic nitrogens is 2. The molecule has 0 aliphatic heterocycles. The van der Waals surface area contributed by atoms with E-state index in [1.165, 1.54) is 0 Å². The number of para-hydroxylation sites is 2. The van der Waals surface area contributed by atoms with Gasteiger partial charge in [0.2, 0.25) is 5.91 Å². The van der Waals surface area contributed by atoms with Crippen LogP contribution >= 0.6 is 11.6 Å². The number of imidazole rings is 1. The van der Waals surface area contributed by atoms with Gasteiger partial charge in [0.15, 0.2) is 11.5 Å². The number of fused-ring (bicyclic) bond motifs is 1. The van der Waals surface area contributed by atoms with E-state index >= 15 is 0 Å².